The summed E-state index contributed by atoms with van der Waals surface area (Å²) >= 11 is 0. The lowest BCUT2D eigenvalue weighted by Crippen LogP contribution is -2.53. The van der Waals surface area contributed by atoms with E-state index in [0.717, 1.165) is 12.0 Å². The van der Waals surface area contributed by atoms with Gasteiger partial charge in [-0.1, -0.05) is 6.07 Å². The molecule has 21 heavy (non-hydrogen) atoms. The molecule has 0 unspecified atom stereocenters. The molecule has 0 saturated carbocycles. The van der Waals surface area contributed by atoms with Crippen molar-refractivity contribution < 1.29 is 9.90 Å². The zero-order valence-electron chi connectivity index (χ0n) is 14.0. The molecule has 4 heteroatoms. The highest BCUT2D eigenvalue weighted by Crippen LogP contribution is 2.25. The number of aryl methyl sites for hydroxylation is 1. The molecular weight excluding hydrogens is 264 g/mol. The van der Waals surface area contributed by atoms with Crippen molar-refractivity contribution in [3.8, 4) is 5.75 Å². The van der Waals surface area contributed by atoms with E-state index in [1.807, 2.05) is 6.07 Å². The fourth-order valence-corrected chi connectivity index (χ4v) is 1.73. The smallest absolute Gasteiger partial charge is 0.166 e. The van der Waals surface area contributed by atoms with E-state index in [1.54, 1.807) is 12.1 Å². The van der Waals surface area contributed by atoms with Crippen molar-refractivity contribution >= 4 is 5.78 Å². The molecule has 0 aliphatic heterocycles. The van der Waals surface area contributed by atoms with Gasteiger partial charge in [0.2, 0.25) is 0 Å². The molecule has 0 radical (unpaired) electrons. The zero-order valence-corrected chi connectivity index (χ0v) is 14.0. The number of nitrogens with one attached hydrogen (secondary N) is 2. The fourth-order valence-electron chi connectivity index (χ4n) is 1.73. The van der Waals surface area contributed by atoms with E-state index >= 15 is 0 Å². The van der Waals surface area contributed by atoms with Crippen molar-refractivity contribution in [2.24, 2.45) is 0 Å². The maximum Gasteiger partial charge on any atom is 0.166 e. The monoisotopic (exact) mass is 292 g/mol. The van der Waals surface area contributed by atoms with E-state index in [-0.39, 0.29) is 22.6 Å². The summed E-state index contributed by atoms with van der Waals surface area (Å²) in [6.45, 7) is 12.8. The number of carbonyl (C=O) groups is 1. The molecule has 0 amide bonds. The maximum atomic E-state index is 11.1. The predicted molar refractivity (Wildman–Crippen MR) is 86.5 cm³/mol. The van der Waals surface area contributed by atoms with Crippen LogP contribution in [0.2, 0.25) is 0 Å². The number of Topliss-reactive ketones (excluding diaryl/α,β-unsaturated/α-hetero) is 1. The van der Waals surface area contributed by atoms with Gasteiger partial charge in [0.15, 0.2) is 5.78 Å². The average Bonchev–Trinajstić information content (AvgIpc) is 2.34. The van der Waals surface area contributed by atoms with Crippen LogP contribution in [0.4, 0.5) is 0 Å². The van der Waals surface area contributed by atoms with Crippen LogP contribution in [0, 0.1) is 0 Å². The first-order valence-electron chi connectivity index (χ1n) is 7.37. The molecule has 0 fully saturated rings. The van der Waals surface area contributed by atoms with E-state index in [0.29, 0.717) is 12.0 Å². The number of phenols is 1. The second kappa shape index (κ2) is 6.58. The molecule has 2 bridgehead atoms. The van der Waals surface area contributed by atoms with E-state index in [9.17, 15) is 9.90 Å². The Hall–Kier alpha value is -1.39. The van der Waals surface area contributed by atoms with Crippen LogP contribution in [0.1, 0.15) is 63.9 Å². The van der Waals surface area contributed by atoms with Gasteiger partial charge in [-0.05, 0) is 65.7 Å². The standard InChI is InChI=1S/C9H8O2.C8H20N2/c10-8-3-1-6-2-4-9(11)7(8)5-6;1-7(2,3)9-10-8(4,5)6/h1,3,5,10H,2,4H2;9-10H,1-6H3. The van der Waals surface area contributed by atoms with Gasteiger partial charge in [0, 0.05) is 17.5 Å². The van der Waals surface area contributed by atoms with Crippen LogP contribution in [-0.2, 0) is 6.42 Å². The van der Waals surface area contributed by atoms with Crippen LogP contribution in [-0.4, -0.2) is 22.0 Å². The first-order chi connectivity index (χ1) is 9.48. The predicted octanol–water partition coefficient (Wildman–Crippen LogP) is 3.20. The third kappa shape index (κ3) is 6.74. The second-order valence-corrected chi connectivity index (χ2v) is 7.52. The van der Waals surface area contributed by atoms with Crippen LogP contribution >= 0.6 is 0 Å². The van der Waals surface area contributed by atoms with Crippen molar-refractivity contribution in [2.75, 3.05) is 0 Å². The number of phenolic OH excluding ortho intramolecular Hbond substituents is 1. The maximum absolute atomic E-state index is 11.1. The lowest BCUT2D eigenvalue weighted by atomic mass is 9.94. The number of hydrogen-bond donors (Lipinski definition) is 3. The first-order valence-corrected chi connectivity index (χ1v) is 7.37. The van der Waals surface area contributed by atoms with Crippen molar-refractivity contribution in [1.29, 1.82) is 0 Å². The lowest BCUT2D eigenvalue weighted by molar-refractivity contribution is 0.0976. The molecule has 0 saturated heterocycles. The third-order valence-electron chi connectivity index (χ3n) is 2.81. The number of carbonyl (C=O) groups excluding carboxylic acids is 1. The number of hydrazine groups is 1. The van der Waals surface area contributed by atoms with Crippen LogP contribution in [0.25, 0.3) is 0 Å². The van der Waals surface area contributed by atoms with Crippen LogP contribution < -0.4 is 10.9 Å². The Kier molecular flexibility index (Phi) is 5.54. The Balaban J connectivity index is 0.000000212. The van der Waals surface area contributed by atoms with Crippen molar-refractivity contribution in [3.63, 3.8) is 0 Å². The second-order valence-electron chi connectivity index (χ2n) is 7.52. The quantitative estimate of drug-likeness (QED) is 0.696. The molecule has 1 aliphatic rings. The average molecular weight is 292 g/mol. The molecule has 4 nitrogen and oxygen atoms in total. The van der Waals surface area contributed by atoms with Gasteiger partial charge in [0.05, 0.1) is 5.56 Å². The minimum atomic E-state index is 0.0515. The van der Waals surface area contributed by atoms with E-state index < -0.39 is 0 Å². The Morgan fingerprint density at radius 3 is 1.90 bits per heavy atom. The minimum absolute atomic E-state index is 0.0515. The summed E-state index contributed by atoms with van der Waals surface area (Å²) in [6, 6.07) is 5.20. The third-order valence-corrected chi connectivity index (χ3v) is 2.81. The highest BCUT2D eigenvalue weighted by atomic mass is 16.3. The van der Waals surface area contributed by atoms with Crippen LogP contribution in [0.3, 0.4) is 0 Å². The summed E-state index contributed by atoms with van der Waals surface area (Å²) in [4.78, 5) is 11.1. The number of aromatic hydroxyl groups is 1. The van der Waals surface area contributed by atoms with Crippen molar-refractivity contribution in [2.45, 2.75) is 65.5 Å². The largest absolute Gasteiger partial charge is 0.507 e. The van der Waals surface area contributed by atoms with Crippen molar-refractivity contribution in [1.82, 2.24) is 10.9 Å². The summed E-state index contributed by atoms with van der Waals surface area (Å²) in [6.07, 6.45) is 1.35. The number of rotatable bonds is 1. The molecule has 1 aliphatic carbocycles. The highest BCUT2D eigenvalue weighted by Gasteiger charge is 2.16. The molecule has 0 aromatic heterocycles. The molecule has 0 heterocycles. The van der Waals surface area contributed by atoms with Gasteiger partial charge >= 0.3 is 0 Å². The Bertz CT molecular complexity index is 482. The summed E-state index contributed by atoms with van der Waals surface area (Å²) in [5.74, 6) is 0.161. The number of hydrogen-bond acceptors (Lipinski definition) is 4. The fraction of sp³-hybridized carbons (Fsp3) is 0.588. The molecular formula is C17H28N2O2. The molecule has 0 atom stereocenters. The Labute approximate surface area is 127 Å². The lowest BCUT2D eigenvalue weighted by Gasteiger charge is -2.28. The van der Waals surface area contributed by atoms with Gasteiger partial charge in [0.1, 0.15) is 5.75 Å². The number of ketones is 1. The molecule has 1 aromatic carbocycles. The van der Waals surface area contributed by atoms with Gasteiger partial charge < -0.3 is 5.11 Å². The van der Waals surface area contributed by atoms with E-state index in [1.165, 1.54) is 0 Å². The summed E-state index contributed by atoms with van der Waals surface area (Å²) in [7, 11) is 0. The van der Waals surface area contributed by atoms with Crippen LogP contribution in [0.5, 0.6) is 5.75 Å². The number of fused-ring (bicyclic) bond motifs is 2. The molecule has 0 spiro atoms. The van der Waals surface area contributed by atoms with Crippen LogP contribution in [0.15, 0.2) is 18.2 Å². The van der Waals surface area contributed by atoms with Gasteiger partial charge in [0.25, 0.3) is 0 Å². The normalized spacial score (nSPS) is 14.5. The summed E-state index contributed by atoms with van der Waals surface area (Å²) in [5, 5.41) is 9.22. The Morgan fingerprint density at radius 2 is 1.48 bits per heavy atom. The summed E-state index contributed by atoms with van der Waals surface area (Å²) < 4.78 is 0. The molecule has 1 aromatic rings. The van der Waals surface area contributed by atoms with E-state index in [4.69, 9.17) is 0 Å². The molecule has 3 N–H and O–H groups in total. The van der Waals surface area contributed by atoms with E-state index in [2.05, 4.69) is 52.4 Å². The van der Waals surface area contributed by atoms with Gasteiger partial charge in [-0.3, -0.25) is 15.6 Å². The zero-order chi connectivity index (χ0) is 16.3. The highest BCUT2D eigenvalue weighted by molar-refractivity contribution is 5.99. The minimum Gasteiger partial charge on any atom is -0.507 e. The van der Waals surface area contributed by atoms with Gasteiger partial charge in [-0.15, -0.1) is 0 Å². The molecule has 118 valence electrons. The van der Waals surface area contributed by atoms with Gasteiger partial charge in [-0.25, -0.2) is 0 Å². The van der Waals surface area contributed by atoms with Gasteiger partial charge in [-0.2, -0.15) is 0 Å². The number of benzene rings is 1. The SMILES string of the molecule is CC(C)(C)NNC(C)(C)C.O=C1CCc2ccc(O)c1c2. The topological polar surface area (TPSA) is 61.4 Å². The summed E-state index contributed by atoms with van der Waals surface area (Å²) in [5.41, 5.74) is 8.33. The Morgan fingerprint density at radius 1 is 0.952 bits per heavy atom. The molecule has 2 rings (SSSR count). The van der Waals surface area contributed by atoms with Crippen molar-refractivity contribution in [3.05, 3.63) is 29.3 Å². The first kappa shape index (κ1) is 17.7.